The number of nitrogens with one attached hydrogen (secondary N) is 1. The molecule has 0 saturated heterocycles. The minimum absolute atomic E-state index is 0.263. The van der Waals surface area contributed by atoms with Crippen molar-refractivity contribution in [1.82, 2.24) is 5.32 Å². The summed E-state index contributed by atoms with van der Waals surface area (Å²) in [5, 5.41) is 3.28. The predicted octanol–water partition coefficient (Wildman–Crippen LogP) is 2.66. The third kappa shape index (κ3) is 3.45. The van der Waals surface area contributed by atoms with E-state index >= 15 is 0 Å². The van der Waals surface area contributed by atoms with E-state index in [1.165, 1.54) is 24.5 Å². The lowest BCUT2D eigenvalue weighted by Gasteiger charge is -2.05. The normalized spacial score (nSPS) is 10.4. The van der Waals surface area contributed by atoms with Crippen LogP contribution in [0, 0.1) is 6.92 Å². The summed E-state index contributed by atoms with van der Waals surface area (Å²) in [7, 11) is 1.34. The van der Waals surface area contributed by atoms with Crippen LogP contribution in [0.15, 0.2) is 41.0 Å². The number of benzene rings is 1. The molecule has 4 nitrogen and oxygen atoms in total. The van der Waals surface area contributed by atoms with E-state index in [1.54, 1.807) is 6.07 Å². The Morgan fingerprint density at radius 1 is 1.32 bits per heavy atom. The van der Waals surface area contributed by atoms with Crippen molar-refractivity contribution in [1.29, 1.82) is 0 Å². The van der Waals surface area contributed by atoms with Crippen LogP contribution in [0.25, 0.3) is 0 Å². The number of methoxy groups -OCH3 is 1. The smallest absolute Gasteiger partial charge is 0.374 e. The molecule has 2 aromatic rings. The molecule has 2 rings (SSSR count). The Bertz CT molecular complexity index is 560. The highest BCUT2D eigenvalue weighted by Gasteiger charge is 2.14. The Kier molecular flexibility index (Phi) is 4.36. The summed E-state index contributed by atoms with van der Waals surface area (Å²) in [5.41, 5.74) is 3.25. The third-order valence-corrected chi connectivity index (χ3v) is 2.84. The topological polar surface area (TPSA) is 51.5 Å². The SMILES string of the molecule is COC(=O)c1occc1CNCc1cccc(C)c1. The van der Waals surface area contributed by atoms with Gasteiger partial charge in [-0.3, -0.25) is 0 Å². The van der Waals surface area contributed by atoms with Gasteiger partial charge < -0.3 is 14.5 Å². The molecule has 1 aromatic heterocycles. The van der Waals surface area contributed by atoms with Gasteiger partial charge in [-0.1, -0.05) is 29.8 Å². The average molecular weight is 259 g/mol. The molecule has 19 heavy (non-hydrogen) atoms. The Morgan fingerprint density at radius 3 is 2.89 bits per heavy atom. The van der Waals surface area contributed by atoms with Crippen LogP contribution in [0.4, 0.5) is 0 Å². The summed E-state index contributed by atoms with van der Waals surface area (Å²) >= 11 is 0. The molecular weight excluding hydrogens is 242 g/mol. The molecule has 100 valence electrons. The van der Waals surface area contributed by atoms with E-state index in [0.717, 1.165) is 12.1 Å². The molecule has 0 unspecified atom stereocenters. The highest BCUT2D eigenvalue weighted by atomic mass is 16.5. The van der Waals surface area contributed by atoms with Crippen LogP contribution in [0.5, 0.6) is 0 Å². The molecule has 4 heteroatoms. The molecule has 0 spiro atoms. The number of ether oxygens (including phenoxy) is 1. The molecule has 0 radical (unpaired) electrons. The maximum atomic E-state index is 11.4. The van der Waals surface area contributed by atoms with E-state index in [4.69, 9.17) is 4.42 Å². The molecule has 0 fully saturated rings. The van der Waals surface area contributed by atoms with Crippen LogP contribution in [0.3, 0.4) is 0 Å². The Hall–Kier alpha value is -2.07. The van der Waals surface area contributed by atoms with Gasteiger partial charge in [0.25, 0.3) is 0 Å². The van der Waals surface area contributed by atoms with Crippen molar-refractivity contribution in [2.75, 3.05) is 7.11 Å². The molecule has 0 saturated carbocycles. The highest BCUT2D eigenvalue weighted by molar-refractivity contribution is 5.87. The maximum absolute atomic E-state index is 11.4. The van der Waals surface area contributed by atoms with Crippen molar-refractivity contribution in [3.05, 3.63) is 59.0 Å². The number of hydrogen-bond donors (Lipinski definition) is 1. The Labute approximate surface area is 112 Å². The molecule has 1 aromatic carbocycles. The molecule has 1 N–H and O–H groups in total. The van der Waals surface area contributed by atoms with Gasteiger partial charge in [-0.2, -0.15) is 0 Å². The van der Waals surface area contributed by atoms with Gasteiger partial charge in [-0.25, -0.2) is 4.79 Å². The quantitative estimate of drug-likeness (QED) is 0.839. The zero-order valence-electron chi connectivity index (χ0n) is 11.1. The second-order valence-corrected chi connectivity index (χ2v) is 4.36. The molecule has 0 aliphatic heterocycles. The second kappa shape index (κ2) is 6.20. The van der Waals surface area contributed by atoms with Crippen molar-refractivity contribution in [3.8, 4) is 0 Å². The fourth-order valence-corrected chi connectivity index (χ4v) is 1.91. The average Bonchev–Trinajstić information content (AvgIpc) is 2.86. The van der Waals surface area contributed by atoms with E-state index in [1.807, 2.05) is 6.07 Å². The third-order valence-electron chi connectivity index (χ3n) is 2.84. The minimum atomic E-state index is -0.447. The first-order valence-electron chi connectivity index (χ1n) is 6.11. The van der Waals surface area contributed by atoms with Gasteiger partial charge in [0.2, 0.25) is 5.76 Å². The van der Waals surface area contributed by atoms with Crippen molar-refractivity contribution in [3.63, 3.8) is 0 Å². The van der Waals surface area contributed by atoms with E-state index in [2.05, 4.69) is 35.2 Å². The molecule has 0 aliphatic rings. The van der Waals surface area contributed by atoms with Gasteiger partial charge in [0.05, 0.1) is 13.4 Å². The van der Waals surface area contributed by atoms with Gasteiger partial charge >= 0.3 is 5.97 Å². The Morgan fingerprint density at radius 2 is 2.16 bits per heavy atom. The van der Waals surface area contributed by atoms with Gasteiger partial charge in [-0.15, -0.1) is 0 Å². The van der Waals surface area contributed by atoms with E-state index in [9.17, 15) is 4.79 Å². The number of carbonyl (C=O) groups excluding carboxylic acids is 1. The summed E-state index contributed by atoms with van der Waals surface area (Å²) in [6.07, 6.45) is 1.50. The van der Waals surface area contributed by atoms with Crippen molar-refractivity contribution < 1.29 is 13.9 Å². The summed E-state index contributed by atoms with van der Waals surface area (Å²) in [6.45, 7) is 3.37. The van der Waals surface area contributed by atoms with Crippen LogP contribution < -0.4 is 5.32 Å². The van der Waals surface area contributed by atoms with Crippen LogP contribution in [0.2, 0.25) is 0 Å². The first-order valence-corrected chi connectivity index (χ1v) is 6.11. The first-order chi connectivity index (χ1) is 9.20. The number of carbonyl (C=O) groups is 1. The van der Waals surface area contributed by atoms with Gasteiger partial charge in [-0.05, 0) is 18.6 Å². The van der Waals surface area contributed by atoms with Crippen LogP contribution in [-0.2, 0) is 17.8 Å². The number of furan rings is 1. The fourth-order valence-electron chi connectivity index (χ4n) is 1.91. The van der Waals surface area contributed by atoms with Gasteiger partial charge in [0.1, 0.15) is 0 Å². The first kappa shape index (κ1) is 13.4. The zero-order chi connectivity index (χ0) is 13.7. The number of hydrogen-bond acceptors (Lipinski definition) is 4. The lowest BCUT2D eigenvalue weighted by molar-refractivity contribution is 0.0563. The lowest BCUT2D eigenvalue weighted by Crippen LogP contribution is -2.14. The van der Waals surface area contributed by atoms with Crippen LogP contribution >= 0.6 is 0 Å². The summed E-state index contributed by atoms with van der Waals surface area (Å²) in [6, 6.07) is 10.1. The molecule has 0 amide bonds. The molecule has 0 aliphatic carbocycles. The standard InChI is InChI=1S/C15H17NO3/c1-11-4-3-5-12(8-11)9-16-10-13-6-7-19-14(13)15(17)18-2/h3-8,16H,9-10H2,1-2H3. The molecule has 0 atom stereocenters. The highest BCUT2D eigenvalue weighted by Crippen LogP contribution is 2.12. The van der Waals surface area contributed by atoms with Crippen molar-refractivity contribution >= 4 is 5.97 Å². The van der Waals surface area contributed by atoms with E-state index < -0.39 is 5.97 Å². The summed E-state index contributed by atoms with van der Waals surface area (Å²) in [5.74, 6) is -0.184. The molecular formula is C15H17NO3. The minimum Gasteiger partial charge on any atom is -0.463 e. The maximum Gasteiger partial charge on any atom is 0.374 e. The summed E-state index contributed by atoms with van der Waals surface area (Å²) in [4.78, 5) is 11.4. The lowest BCUT2D eigenvalue weighted by atomic mass is 10.1. The summed E-state index contributed by atoms with van der Waals surface area (Å²) < 4.78 is 9.78. The Balaban J connectivity index is 1.93. The zero-order valence-corrected chi connectivity index (χ0v) is 11.1. The second-order valence-electron chi connectivity index (χ2n) is 4.36. The van der Waals surface area contributed by atoms with Crippen molar-refractivity contribution in [2.24, 2.45) is 0 Å². The molecule has 0 bridgehead atoms. The van der Waals surface area contributed by atoms with E-state index in [0.29, 0.717) is 6.54 Å². The molecule has 1 heterocycles. The number of rotatable bonds is 5. The predicted molar refractivity (Wildman–Crippen MR) is 71.8 cm³/mol. The van der Waals surface area contributed by atoms with Crippen molar-refractivity contribution in [2.45, 2.75) is 20.0 Å². The van der Waals surface area contributed by atoms with Crippen LogP contribution in [0.1, 0.15) is 27.2 Å². The fraction of sp³-hybridized carbons (Fsp3) is 0.267. The monoisotopic (exact) mass is 259 g/mol. The van der Waals surface area contributed by atoms with Crippen LogP contribution in [-0.4, -0.2) is 13.1 Å². The van der Waals surface area contributed by atoms with Gasteiger partial charge in [0.15, 0.2) is 0 Å². The number of aryl methyl sites for hydroxylation is 1. The van der Waals surface area contributed by atoms with Gasteiger partial charge in [0, 0.05) is 18.7 Å². The van der Waals surface area contributed by atoms with E-state index in [-0.39, 0.29) is 5.76 Å². The largest absolute Gasteiger partial charge is 0.463 e. The number of esters is 1.